The van der Waals surface area contributed by atoms with Gasteiger partial charge in [-0.05, 0) is 26.8 Å². The molecule has 20 heavy (non-hydrogen) atoms. The van der Waals surface area contributed by atoms with Crippen LogP contribution in [0.1, 0.15) is 19.5 Å². The molecule has 1 N–H and O–H groups in total. The van der Waals surface area contributed by atoms with Crippen LogP contribution in [0.5, 0.6) is 0 Å². The van der Waals surface area contributed by atoms with Gasteiger partial charge in [0.25, 0.3) is 0 Å². The molecule has 0 saturated carbocycles. The van der Waals surface area contributed by atoms with E-state index in [-0.39, 0.29) is 0 Å². The maximum Gasteiger partial charge on any atom is 0.565 e. The number of nitrogens with zero attached hydrogens (tertiary/aromatic N) is 1. The minimum atomic E-state index is -3.36. The van der Waals surface area contributed by atoms with Crippen molar-refractivity contribution >= 4 is 28.3 Å². The van der Waals surface area contributed by atoms with Gasteiger partial charge in [0.15, 0.2) is 0 Å². The quantitative estimate of drug-likeness (QED) is 0.835. The molecule has 0 aliphatic carbocycles. The zero-order valence-corrected chi connectivity index (χ0v) is 12.7. The molecule has 2 rings (SSSR count). The second-order valence-corrected chi connectivity index (χ2v) is 7.03. The second-order valence-electron chi connectivity index (χ2n) is 5.28. The van der Waals surface area contributed by atoms with Crippen LogP contribution in [0.15, 0.2) is 24.6 Å². The van der Waals surface area contributed by atoms with Crippen LogP contribution in [0.2, 0.25) is 0 Å². The number of hydrogen-bond donors (Lipinski definition) is 1. The molecule has 0 amide bonds. The highest BCUT2D eigenvalue weighted by atomic mass is 32.2. The average molecular weight is 296 g/mol. The van der Waals surface area contributed by atoms with Crippen molar-refractivity contribution in [1.29, 1.82) is 0 Å². The number of aryl methyl sites for hydroxylation is 1. The van der Waals surface area contributed by atoms with Crippen LogP contribution < -0.4 is 10.2 Å². The van der Waals surface area contributed by atoms with Crippen molar-refractivity contribution in [2.24, 2.45) is 0 Å². The lowest BCUT2D eigenvalue weighted by atomic mass is 9.80. The minimum absolute atomic E-state index is 0.410. The summed E-state index contributed by atoms with van der Waals surface area (Å²) in [7, 11) is -4.00. The van der Waals surface area contributed by atoms with Crippen LogP contribution in [0.4, 0.5) is 5.69 Å². The number of aromatic nitrogens is 1. The zero-order valence-electron chi connectivity index (χ0n) is 11.9. The Kier molecular flexibility index (Phi) is 3.55. The molecule has 0 bridgehead atoms. The topological polar surface area (TPSA) is 77.5 Å². The third-order valence-electron chi connectivity index (χ3n) is 3.00. The van der Waals surface area contributed by atoms with Crippen LogP contribution in [0.25, 0.3) is 0 Å². The van der Waals surface area contributed by atoms with Crippen molar-refractivity contribution in [3.8, 4) is 0 Å². The predicted octanol–water partition coefficient (Wildman–Crippen LogP) is 0.796. The Morgan fingerprint density at radius 1 is 1.45 bits per heavy atom. The normalized spacial score (nSPS) is 18.0. The van der Waals surface area contributed by atoms with Gasteiger partial charge < -0.3 is 9.31 Å². The summed E-state index contributed by atoms with van der Waals surface area (Å²) in [5.41, 5.74) is 1.04. The molecule has 108 valence electrons. The first-order chi connectivity index (χ1) is 9.08. The highest BCUT2D eigenvalue weighted by molar-refractivity contribution is 7.92. The van der Waals surface area contributed by atoms with Crippen molar-refractivity contribution in [2.75, 3.05) is 11.0 Å². The smallest absolute Gasteiger partial charge is 0.534 e. The molecule has 6 nitrogen and oxygen atoms in total. The summed E-state index contributed by atoms with van der Waals surface area (Å²) in [5, 5.41) is 0. The number of rotatable bonds is 3. The Balaban J connectivity index is 2.31. The van der Waals surface area contributed by atoms with Gasteiger partial charge in [0.1, 0.15) is 5.60 Å². The molecule has 8 heteroatoms. The Bertz CT molecular complexity index is 657. The molecule has 0 atom stereocenters. The molecule has 0 spiro atoms. The van der Waals surface area contributed by atoms with Gasteiger partial charge in [-0.1, -0.05) is 6.58 Å². The Labute approximate surface area is 119 Å². The molecule has 1 aliphatic heterocycles. The van der Waals surface area contributed by atoms with Crippen molar-refractivity contribution in [2.45, 2.75) is 26.4 Å². The second kappa shape index (κ2) is 4.78. The van der Waals surface area contributed by atoms with Crippen molar-refractivity contribution < 1.29 is 17.7 Å². The molecule has 2 heterocycles. The molecule has 1 aliphatic rings. The van der Waals surface area contributed by atoms with E-state index in [1.54, 1.807) is 19.2 Å². The van der Waals surface area contributed by atoms with Crippen LogP contribution in [0, 0.1) is 6.92 Å². The van der Waals surface area contributed by atoms with Crippen LogP contribution in [-0.2, 0) is 19.3 Å². The molecule has 1 aromatic rings. The van der Waals surface area contributed by atoms with E-state index in [4.69, 9.17) is 9.31 Å². The summed E-state index contributed by atoms with van der Waals surface area (Å²) in [6.07, 6.45) is 2.69. The lowest BCUT2D eigenvalue weighted by molar-refractivity contribution is 0.173. The Hall–Kier alpha value is -1.54. The van der Waals surface area contributed by atoms with E-state index >= 15 is 0 Å². The zero-order chi connectivity index (χ0) is 15.1. The Morgan fingerprint density at radius 2 is 2.10 bits per heavy atom. The maximum atomic E-state index is 11.3. The molecule has 0 aromatic carbocycles. The van der Waals surface area contributed by atoms with E-state index in [1.165, 1.54) is 0 Å². The van der Waals surface area contributed by atoms with Gasteiger partial charge in [0.05, 0.1) is 23.4 Å². The number of anilines is 1. The number of sulfonamides is 1. The summed E-state index contributed by atoms with van der Waals surface area (Å²) in [6, 6.07) is 1.66. The third kappa shape index (κ3) is 3.13. The van der Waals surface area contributed by atoms with E-state index in [1.807, 2.05) is 13.8 Å². The first-order valence-corrected chi connectivity index (χ1v) is 7.96. The number of hydrogen-bond acceptors (Lipinski definition) is 5. The van der Waals surface area contributed by atoms with Crippen LogP contribution in [0.3, 0.4) is 0 Å². The van der Waals surface area contributed by atoms with Crippen molar-refractivity contribution in [3.63, 3.8) is 0 Å². The molecule has 0 radical (unpaired) electrons. The fraction of sp³-hybridized carbons (Fsp3) is 0.417. The summed E-state index contributed by atoms with van der Waals surface area (Å²) >= 11 is 0. The fourth-order valence-electron chi connectivity index (χ4n) is 1.75. The summed E-state index contributed by atoms with van der Waals surface area (Å²) in [6.45, 7) is 9.23. The van der Waals surface area contributed by atoms with E-state index in [0.29, 0.717) is 22.6 Å². The van der Waals surface area contributed by atoms with Crippen molar-refractivity contribution in [3.05, 3.63) is 30.3 Å². The lowest BCUT2D eigenvalue weighted by Crippen LogP contribution is -2.35. The molecule has 0 unspecified atom stereocenters. The van der Waals surface area contributed by atoms with E-state index in [2.05, 4.69) is 16.3 Å². The molecule has 1 fully saturated rings. The fourth-order valence-corrected chi connectivity index (χ4v) is 2.35. The number of pyridine rings is 1. The summed E-state index contributed by atoms with van der Waals surface area (Å²) in [5.74, 6) is 0.528. The van der Waals surface area contributed by atoms with Crippen LogP contribution in [-0.4, -0.2) is 32.4 Å². The average Bonchev–Trinajstić information content (AvgIpc) is 2.55. The first-order valence-electron chi connectivity index (χ1n) is 6.07. The monoisotopic (exact) mass is 296 g/mol. The van der Waals surface area contributed by atoms with Crippen molar-refractivity contribution in [1.82, 2.24) is 4.98 Å². The first kappa shape index (κ1) is 14.9. The van der Waals surface area contributed by atoms with Gasteiger partial charge in [0.2, 0.25) is 10.0 Å². The van der Waals surface area contributed by atoms with Crippen LogP contribution >= 0.6 is 0 Å². The van der Waals surface area contributed by atoms with Gasteiger partial charge in [-0.25, -0.2) is 8.42 Å². The van der Waals surface area contributed by atoms with Gasteiger partial charge in [-0.15, -0.1) is 0 Å². The van der Waals surface area contributed by atoms with E-state index in [0.717, 1.165) is 6.26 Å². The third-order valence-corrected chi connectivity index (χ3v) is 3.59. The number of nitrogens with one attached hydrogen (secondary N) is 1. The van der Waals surface area contributed by atoms with E-state index in [9.17, 15) is 8.42 Å². The van der Waals surface area contributed by atoms with Gasteiger partial charge >= 0.3 is 7.12 Å². The minimum Gasteiger partial charge on any atom is -0.534 e. The molecule has 1 aromatic heterocycles. The summed E-state index contributed by atoms with van der Waals surface area (Å²) < 4.78 is 36.4. The highest BCUT2D eigenvalue weighted by Gasteiger charge is 2.43. The standard InChI is InChI=1S/C12H17BN2O4S/c1-8-11(15-20(5,16)17)6-10(7-14-8)13-18-9(2)12(3,4)19-13/h6-7,15H,2H2,1,3-5H3. The maximum absolute atomic E-state index is 11.3. The molecular weight excluding hydrogens is 279 g/mol. The lowest BCUT2D eigenvalue weighted by Gasteiger charge is -2.15. The predicted molar refractivity (Wildman–Crippen MR) is 78.2 cm³/mol. The highest BCUT2D eigenvalue weighted by Crippen LogP contribution is 2.29. The SMILES string of the molecule is C=C1OB(c2cnc(C)c(NS(C)(=O)=O)c2)OC1(C)C. The van der Waals surface area contributed by atoms with E-state index < -0.39 is 22.7 Å². The summed E-state index contributed by atoms with van der Waals surface area (Å²) in [4.78, 5) is 4.16. The molecule has 1 saturated heterocycles. The largest absolute Gasteiger partial charge is 0.565 e. The molecular formula is C12H17BN2O4S. The van der Waals surface area contributed by atoms with Gasteiger partial charge in [-0.2, -0.15) is 0 Å². The van der Waals surface area contributed by atoms with Gasteiger partial charge in [0, 0.05) is 11.7 Å². The van der Waals surface area contributed by atoms with Gasteiger partial charge in [-0.3, -0.25) is 9.71 Å². The Morgan fingerprint density at radius 3 is 2.60 bits per heavy atom.